The summed E-state index contributed by atoms with van der Waals surface area (Å²) in [6, 6.07) is 12.6. The molecule has 0 radical (unpaired) electrons. The molecule has 0 atom stereocenters. The molecule has 4 nitrogen and oxygen atoms in total. The van der Waals surface area contributed by atoms with Crippen LogP contribution >= 0.6 is 0 Å². The van der Waals surface area contributed by atoms with Crippen molar-refractivity contribution in [3.8, 4) is 11.3 Å². The highest BCUT2D eigenvalue weighted by atomic mass is 16.2. The van der Waals surface area contributed by atoms with E-state index in [2.05, 4.69) is 0 Å². The molecule has 0 fully saturated rings. The van der Waals surface area contributed by atoms with Gasteiger partial charge in [0.05, 0.1) is 11.4 Å². The molecule has 0 N–H and O–H groups in total. The van der Waals surface area contributed by atoms with Gasteiger partial charge in [-0.1, -0.05) is 43.7 Å². The second kappa shape index (κ2) is 4.39. The molecule has 19 heavy (non-hydrogen) atoms. The van der Waals surface area contributed by atoms with E-state index < -0.39 is 0 Å². The first-order valence-electron chi connectivity index (χ1n) is 6.38. The molecule has 0 unspecified atom stereocenters. The lowest BCUT2D eigenvalue weighted by Crippen LogP contribution is -2.15. The average Bonchev–Trinajstić information content (AvgIpc) is 2.92. The Bertz CT molecular complexity index is 813. The first-order valence-corrected chi connectivity index (χ1v) is 6.38. The standard InChI is InChI=1S/C15H14N2O2/c1-2-6-12-9-14(18)17-13(10-15(19)16(12)17)11-7-4-3-5-8-11/h3-5,7-10H,2,6H2,1H3. The smallest absolute Gasteiger partial charge is 0.267 e. The number of rotatable bonds is 3. The Morgan fingerprint density at radius 2 is 1.63 bits per heavy atom. The topological polar surface area (TPSA) is 43.0 Å². The maximum atomic E-state index is 12.1. The molecule has 2 heterocycles. The van der Waals surface area contributed by atoms with Gasteiger partial charge in [0.25, 0.3) is 11.1 Å². The van der Waals surface area contributed by atoms with Crippen LogP contribution < -0.4 is 11.1 Å². The largest absolute Gasteiger partial charge is 0.272 e. The molecule has 0 saturated heterocycles. The first kappa shape index (κ1) is 11.7. The van der Waals surface area contributed by atoms with Gasteiger partial charge in [-0.15, -0.1) is 0 Å². The Hall–Kier alpha value is -2.36. The van der Waals surface area contributed by atoms with Crippen molar-refractivity contribution >= 4 is 0 Å². The van der Waals surface area contributed by atoms with Crippen molar-refractivity contribution < 1.29 is 0 Å². The Balaban J connectivity index is 2.35. The number of aryl methyl sites for hydroxylation is 1. The summed E-state index contributed by atoms with van der Waals surface area (Å²) in [4.78, 5) is 24.2. The molecule has 4 heteroatoms. The summed E-state index contributed by atoms with van der Waals surface area (Å²) in [5.41, 5.74) is 2.00. The van der Waals surface area contributed by atoms with E-state index in [9.17, 15) is 9.59 Å². The van der Waals surface area contributed by atoms with Crippen LogP contribution in [0, 0.1) is 0 Å². The summed E-state index contributed by atoms with van der Waals surface area (Å²) in [5.74, 6) is 0. The van der Waals surface area contributed by atoms with Gasteiger partial charge in [0.1, 0.15) is 0 Å². The van der Waals surface area contributed by atoms with E-state index in [1.54, 1.807) is 6.07 Å². The highest BCUT2D eigenvalue weighted by molar-refractivity contribution is 5.59. The van der Waals surface area contributed by atoms with E-state index in [-0.39, 0.29) is 11.1 Å². The number of aromatic nitrogens is 2. The molecule has 0 aliphatic heterocycles. The minimum atomic E-state index is -0.149. The van der Waals surface area contributed by atoms with Crippen LogP contribution in [0.15, 0.2) is 52.1 Å². The van der Waals surface area contributed by atoms with E-state index in [4.69, 9.17) is 0 Å². The van der Waals surface area contributed by atoms with Crippen LogP contribution in [0.5, 0.6) is 0 Å². The number of nitrogens with zero attached hydrogens (tertiary/aromatic N) is 2. The summed E-state index contributed by atoms with van der Waals surface area (Å²) in [6.07, 6.45) is 1.63. The fourth-order valence-corrected chi connectivity index (χ4v) is 2.45. The van der Waals surface area contributed by atoms with Gasteiger partial charge in [0, 0.05) is 17.7 Å². The van der Waals surface area contributed by atoms with Crippen molar-refractivity contribution in [2.45, 2.75) is 19.8 Å². The molecule has 2 aromatic heterocycles. The Morgan fingerprint density at radius 1 is 0.947 bits per heavy atom. The molecule has 0 bridgehead atoms. The molecule has 0 aliphatic carbocycles. The number of hydrogen-bond acceptors (Lipinski definition) is 2. The van der Waals surface area contributed by atoms with Crippen LogP contribution in [0.2, 0.25) is 0 Å². The van der Waals surface area contributed by atoms with Gasteiger partial charge in [-0.05, 0) is 6.42 Å². The third kappa shape index (κ3) is 1.76. The van der Waals surface area contributed by atoms with Crippen molar-refractivity contribution in [2.75, 3.05) is 0 Å². The van der Waals surface area contributed by atoms with Crippen molar-refractivity contribution in [2.24, 2.45) is 0 Å². The molecule has 0 amide bonds. The average molecular weight is 254 g/mol. The summed E-state index contributed by atoms with van der Waals surface area (Å²) < 4.78 is 2.94. The molecule has 0 saturated carbocycles. The predicted octanol–water partition coefficient (Wildman–Crippen LogP) is 1.82. The Kier molecular flexibility index (Phi) is 2.71. The lowest BCUT2D eigenvalue weighted by atomic mass is 10.1. The highest BCUT2D eigenvalue weighted by Crippen LogP contribution is 2.16. The van der Waals surface area contributed by atoms with Crippen molar-refractivity contribution in [3.63, 3.8) is 0 Å². The van der Waals surface area contributed by atoms with Crippen LogP contribution in [-0.4, -0.2) is 9.03 Å². The zero-order chi connectivity index (χ0) is 13.4. The van der Waals surface area contributed by atoms with Crippen LogP contribution in [0.4, 0.5) is 0 Å². The van der Waals surface area contributed by atoms with Crippen LogP contribution in [0.1, 0.15) is 19.0 Å². The van der Waals surface area contributed by atoms with E-state index in [0.29, 0.717) is 5.69 Å². The minimum Gasteiger partial charge on any atom is -0.267 e. The first-order chi connectivity index (χ1) is 9.22. The molecule has 3 rings (SSSR count). The van der Waals surface area contributed by atoms with Crippen molar-refractivity contribution in [1.29, 1.82) is 0 Å². The van der Waals surface area contributed by atoms with Gasteiger partial charge in [0.2, 0.25) is 0 Å². The Morgan fingerprint density at radius 3 is 2.32 bits per heavy atom. The third-order valence-electron chi connectivity index (χ3n) is 3.24. The number of fused-ring (bicyclic) bond motifs is 1. The van der Waals surface area contributed by atoms with E-state index in [1.807, 2.05) is 37.3 Å². The van der Waals surface area contributed by atoms with Crippen LogP contribution in [-0.2, 0) is 6.42 Å². The fourth-order valence-electron chi connectivity index (χ4n) is 2.45. The molecule has 3 aromatic rings. The predicted molar refractivity (Wildman–Crippen MR) is 74.0 cm³/mol. The fraction of sp³-hybridized carbons (Fsp3) is 0.200. The van der Waals surface area contributed by atoms with Gasteiger partial charge in [-0.25, -0.2) is 9.03 Å². The van der Waals surface area contributed by atoms with Gasteiger partial charge in [-0.3, -0.25) is 9.59 Å². The quantitative estimate of drug-likeness (QED) is 0.715. The molecule has 0 spiro atoms. The van der Waals surface area contributed by atoms with Crippen molar-refractivity contribution in [3.05, 3.63) is 68.9 Å². The molecule has 96 valence electrons. The SMILES string of the molecule is CCCc1cc(=O)n2c(-c3ccccc3)cc(=O)n12. The van der Waals surface area contributed by atoms with Gasteiger partial charge in [-0.2, -0.15) is 0 Å². The third-order valence-corrected chi connectivity index (χ3v) is 3.24. The van der Waals surface area contributed by atoms with Crippen LogP contribution in [0.3, 0.4) is 0 Å². The van der Waals surface area contributed by atoms with Gasteiger partial charge < -0.3 is 0 Å². The maximum absolute atomic E-state index is 12.1. The second-order valence-electron chi connectivity index (χ2n) is 4.58. The monoisotopic (exact) mass is 254 g/mol. The van der Waals surface area contributed by atoms with E-state index in [0.717, 1.165) is 24.1 Å². The lowest BCUT2D eigenvalue weighted by molar-refractivity contribution is 0.747. The second-order valence-corrected chi connectivity index (χ2v) is 4.58. The van der Waals surface area contributed by atoms with E-state index >= 15 is 0 Å². The minimum absolute atomic E-state index is 0.149. The normalized spacial score (nSPS) is 11.2. The van der Waals surface area contributed by atoms with E-state index in [1.165, 1.54) is 15.1 Å². The molecular formula is C15H14N2O2. The zero-order valence-corrected chi connectivity index (χ0v) is 10.7. The summed E-state index contributed by atoms with van der Waals surface area (Å²) in [5, 5.41) is 0. The van der Waals surface area contributed by atoms with Gasteiger partial charge in [0.15, 0.2) is 0 Å². The van der Waals surface area contributed by atoms with Gasteiger partial charge >= 0.3 is 0 Å². The number of hydrogen-bond donors (Lipinski definition) is 0. The van der Waals surface area contributed by atoms with Crippen molar-refractivity contribution in [1.82, 2.24) is 9.03 Å². The number of benzene rings is 1. The lowest BCUT2D eigenvalue weighted by Gasteiger charge is -1.99. The highest BCUT2D eigenvalue weighted by Gasteiger charge is 2.14. The summed E-state index contributed by atoms with van der Waals surface area (Å²) in [7, 11) is 0. The summed E-state index contributed by atoms with van der Waals surface area (Å²) >= 11 is 0. The molecule has 0 aliphatic rings. The Labute approximate surface area is 109 Å². The molecular weight excluding hydrogens is 240 g/mol. The zero-order valence-electron chi connectivity index (χ0n) is 10.7. The maximum Gasteiger partial charge on any atom is 0.272 e. The molecule has 1 aromatic carbocycles. The summed E-state index contributed by atoms with van der Waals surface area (Å²) in [6.45, 7) is 2.03. The van der Waals surface area contributed by atoms with Crippen LogP contribution in [0.25, 0.3) is 11.3 Å².